The molecule has 0 bridgehead atoms. The third-order valence-corrected chi connectivity index (χ3v) is 8.84. The third kappa shape index (κ3) is 9.13. The highest BCUT2D eigenvalue weighted by Crippen LogP contribution is 2.22. The van der Waals surface area contributed by atoms with E-state index in [0.29, 0.717) is 38.0 Å². The van der Waals surface area contributed by atoms with E-state index in [1.165, 1.54) is 12.1 Å². The molecule has 1 heterocycles. The molecule has 0 aliphatic carbocycles. The summed E-state index contributed by atoms with van der Waals surface area (Å²) in [7, 11) is -3.89. The molecule has 41 heavy (non-hydrogen) atoms. The van der Waals surface area contributed by atoms with Crippen LogP contribution in [0, 0.1) is 31.6 Å². The van der Waals surface area contributed by atoms with Crippen LogP contribution in [-0.4, -0.2) is 56.2 Å². The molecule has 1 aliphatic heterocycles. The fourth-order valence-electron chi connectivity index (χ4n) is 4.84. The van der Waals surface area contributed by atoms with E-state index in [-0.39, 0.29) is 40.4 Å². The highest BCUT2D eigenvalue weighted by atomic mass is 32.2. The van der Waals surface area contributed by atoms with Gasteiger partial charge in [0.2, 0.25) is 27.7 Å². The number of nitrogens with one attached hydrogen (secondary N) is 3. The number of piperidine rings is 1. The summed E-state index contributed by atoms with van der Waals surface area (Å²) in [4.78, 5) is 41.4. The van der Waals surface area contributed by atoms with Crippen LogP contribution in [0.3, 0.4) is 0 Å². The zero-order chi connectivity index (χ0) is 30.3. The van der Waals surface area contributed by atoms with Gasteiger partial charge in [0.15, 0.2) is 0 Å². The number of amides is 3. The fourth-order valence-corrected chi connectivity index (χ4v) is 6.18. The number of rotatable bonds is 11. The minimum absolute atomic E-state index is 0.110. The summed E-state index contributed by atoms with van der Waals surface area (Å²) in [6, 6.07) is 12.4. The molecule has 3 amide bonds. The number of carbonyl (C=O) groups excluding carboxylic acids is 3. The summed E-state index contributed by atoms with van der Waals surface area (Å²) in [5, 5.41) is 5.84. The monoisotopic (exact) mass is 584 g/mol. The minimum atomic E-state index is -3.89. The zero-order valence-electron chi connectivity index (χ0n) is 24.9. The van der Waals surface area contributed by atoms with E-state index in [1.807, 2.05) is 52.0 Å². The molecule has 0 spiro atoms. The van der Waals surface area contributed by atoms with Crippen LogP contribution in [0.15, 0.2) is 53.4 Å². The van der Waals surface area contributed by atoms with Gasteiger partial charge in [-0.2, -0.15) is 4.72 Å². The van der Waals surface area contributed by atoms with Crippen LogP contribution < -0.4 is 15.4 Å². The molecule has 9 nitrogen and oxygen atoms in total. The second-order valence-corrected chi connectivity index (χ2v) is 13.5. The first kappa shape index (κ1) is 32.3. The van der Waals surface area contributed by atoms with Crippen molar-refractivity contribution >= 4 is 33.4 Å². The van der Waals surface area contributed by atoms with Gasteiger partial charge in [-0.3, -0.25) is 14.4 Å². The number of carbonyl (C=O) groups is 3. The third-order valence-electron chi connectivity index (χ3n) is 7.38. The van der Waals surface area contributed by atoms with Gasteiger partial charge in [0, 0.05) is 24.7 Å². The molecule has 224 valence electrons. The zero-order valence-corrected chi connectivity index (χ0v) is 25.8. The van der Waals surface area contributed by atoms with Gasteiger partial charge in [-0.05, 0) is 69.2 Å². The summed E-state index contributed by atoms with van der Waals surface area (Å²) in [5.41, 5.74) is 2.70. The molecular weight excluding hydrogens is 540 g/mol. The lowest BCUT2D eigenvalue weighted by Crippen LogP contribution is -2.54. The second-order valence-electron chi connectivity index (χ2n) is 11.8. The molecule has 0 saturated carbocycles. The molecule has 1 fully saturated rings. The van der Waals surface area contributed by atoms with Gasteiger partial charge in [0.1, 0.15) is 12.1 Å². The number of likely N-dealkylation sites (tertiary alicyclic amines) is 1. The van der Waals surface area contributed by atoms with Crippen molar-refractivity contribution in [2.75, 3.05) is 18.4 Å². The highest BCUT2D eigenvalue weighted by Gasteiger charge is 2.35. The van der Waals surface area contributed by atoms with Crippen molar-refractivity contribution in [1.82, 2.24) is 14.9 Å². The second kappa shape index (κ2) is 14.1. The molecule has 1 saturated heterocycles. The Morgan fingerprint density at radius 1 is 0.878 bits per heavy atom. The lowest BCUT2D eigenvalue weighted by atomic mass is 9.93. The first-order valence-electron chi connectivity index (χ1n) is 14.3. The van der Waals surface area contributed by atoms with Crippen LogP contribution in [0.5, 0.6) is 0 Å². The van der Waals surface area contributed by atoms with Gasteiger partial charge in [-0.15, -0.1) is 0 Å². The average molecular weight is 585 g/mol. The Bertz CT molecular complexity index is 1300. The summed E-state index contributed by atoms with van der Waals surface area (Å²) < 4.78 is 28.6. The molecule has 0 aromatic heterocycles. The molecule has 10 heteroatoms. The molecule has 3 N–H and O–H groups in total. The van der Waals surface area contributed by atoms with E-state index >= 15 is 0 Å². The van der Waals surface area contributed by atoms with Gasteiger partial charge in [-0.1, -0.05) is 63.1 Å². The van der Waals surface area contributed by atoms with E-state index in [2.05, 4.69) is 15.4 Å². The number of benzene rings is 2. The number of sulfonamides is 1. The van der Waals surface area contributed by atoms with Crippen molar-refractivity contribution in [1.29, 1.82) is 0 Å². The summed E-state index contributed by atoms with van der Waals surface area (Å²) in [6.45, 7) is 12.1. The van der Waals surface area contributed by atoms with Crippen LogP contribution in [0.25, 0.3) is 0 Å². The van der Waals surface area contributed by atoms with Crippen LogP contribution in [0.4, 0.5) is 5.69 Å². The normalized spacial score (nSPS) is 16.0. The van der Waals surface area contributed by atoms with E-state index in [9.17, 15) is 22.8 Å². The average Bonchev–Trinajstić information content (AvgIpc) is 2.92. The molecule has 1 aliphatic rings. The number of aryl methyl sites for hydroxylation is 2. The Hall–Kier alpha value is -3.24. The largest absolute Gasteiger partial charge is 0.344 e. The Balaban J connectivity index is 1.60. The smallest absolute Gasteiger partial charge is 0.246 e. The molecule has 2 atom stereocenters. The van der Waals surface area contributed by atoms with Crippen LogP contribution in [0.2, 0.25) is 0 Å². The van der Waals surface area contributed by atoms with Gasteiger partial charge >= 0.3 is 0 Å². The Labute approximate surface area is 244 Å². The maximum absolute atomic E-state index is 13.4. The first-order valence-corrected chi connectivity index (χ1v) is 15.8. The standard InChI is InChI=1S/C31H44N4O5S/c1-20(2)19-27(30(37)32-25-11-7-22(5)8-12-25)33-29(36)24-15-17-35(18-16-24)31(38)28(21(3)4)34-41(39,40)26-13-9-23(6)10-14-26/h7-14,20-21,24,27-28,34H,15-19H2,1-6H3,(H,32,37)(H,33,36)/t27-,28-/m0/s1. The molecule has 3 rings (SSSR count). The Morgan fingerprint density at radius 2 is 1.41 bits per heavy atom. The van der Waals surface area contributed by atoms with E-state index < -0.39 is 22.1 Å². The van der Waals surface area contributed by atoms with Crippen molar-refractivity contribution in [3.05, 3.63) is 59.7 Å². The van der Waals surface area contributed by atoms with Crippen molar-refractivity contribution in [2.45, 2.75) is 77.8 Å². The quantitative estimate of drug-likeness (QED) is 0.368. The molecule has 0 radical (unpaired) electrons. The van der Waals surface area contributed by atoms with Gasteiger partial charge in [0.05, 0.1) is 4.90 Å². The SMILES string of the molecule is Cc1ccc(NC(=O)[C@H](CC(C)C)NC(=O)C2CCN(C(=O)[C@@H](NS(=O)(=O)c3ccc(C)cc3)C(C)C)CC2)cc1. The van der Waals surface area contributed by atoms with Crippen molar-refractivity contribution in [3.8, 4) is 0 Å². The summed E-state index contributed by atoms with van der Waals surface area (Å²) in [5.74, 6) is -1.19. The molecular formula is C31H44N4O5S. The number of anilines is 1. The number of nitrogens with zero attached hydrogens (tertiary/aromatic N) is 1. The molecule has 2 aromatic carbocycles. The number of hydrogen-bond donors (Lipinski definition) is 3. The lowest BCUT2D eigenvalue weighted by molar-refractivity contribution is -0.138. The number of hydrogen-bond acceptors (Lipinski definition) is 5. The molecule has 2 aromatic rings. The molecule has 0 unspecified atom stereocenters. The summed E-state index contributed by atoms with van der Waals surface area (Å²) >= 11 is 0. The maximum atomic E-state index is 13.4. The Morgan fingerprint density at radius 3 is 1.93 bits per heavy atom. The van der Waals surface area contributed by atoms with Crippen LogP contribution in [0.1, 0.15) is 58.1 Å². The van der Waals surface area contributed by atoms with Crippen molar-refractivity contribution in [3.63, 3.8) is 0 Å². The highest BCUT2D eigenvalue weighted by molar-refractivity contribution is 7.89. The van der Waals surface area contributed by atoms with Crippen molar-refractivity contribution < 1.29 is 22.8 Å². The van der Waals surface area contributed by atoms with E-state index in [0.717, 1.165) is 11.1 Å². The van der Waals surface area contributed by atoms with E-state index in [1.54, 1.807) is 30.9 Å². The Kier molecular flexibility index (Phi) is 11.1. The van der Waals surface area contributed by atoms with Crippen LogP contribution >= 0.6 is 0 Å². The fraction of sp³-hybridized carbons (Fsp3) is 0.516. The lowest BCUT2D eigenvalue weighted by Gasteiger charge is -2.35. The first-order chi connectivity index (χ1) is 19.3. The van der Waals surface area contributed by atoms with Crippen molar-refractivity contribution in [2.24, 2.45) is 17.8 Å². The van der Waals surface area contributed by atoms with Gasteiger partial charge in [-0.25, -0.2) is 8.42 Å². The predicted octanol–water partition coefficient (Wildman–Crippen LogP) is 4.01. The minimum Gasteiger partial charge on any atom is -0.344 e. The predicted molar refractivity (Wildman–Crippen MR) is 161 cm³/mol. The topological polar surface area (TPSA) is 125 Å². The van der Waals surface area contributed by atoms with Gasteiger partial charge < -0.3 is 15.5 Å². The van der Waals surface area contributed by atoms with Crippen LogP contribution in [-0.2, 0) is 24.4 Å². The van der Waals surface area contributed by atoms with E-state index in [4.69, 9.17) is 0 Å². The maximum Gasteiger partial charge on any atom is 0.246 e. The van der Waals surface area contributed by atoms with Gasteiger partial charge in [0.25, 0.3) is 0 Å². The summed E-state index contributed by atoms with van der Waals surface area (Å²) in [6.07, 6.45) is 1.36.